The first-order valence-electron chi connectivity index (χ1n) is 9.44. The average Bonchev–Trinajstić information content (AvgIpc) is 2.80. The Hall–Kier alpha value is -2.79. The summed E-state index contributed by atoms with van der Waals surface area (Å²) in [6.45, 7) is 0. The fourth-order valence-corrected chi connectivity index (χ4v) is 5.34. The summed E-state index contributed by atoms with van der Waals surface area (Å²) < 4.78 is 5.20. The van der Waals surface area contributed by atoms with Crippen LogP contribution in [0.25, 0.3) is 10.8 Å². The highest BCUT2D eigenvalue weighted by molar-refractivity contribution is 7.99. The molecule has 4 aromatic rings. The van der Waals surface area contributed by atoms with Gasteiger partial charge in [0.2, 0.25) is 0 Å². The van der Waals surface area contributed by atoms with E-state index in [0.717, 1.165) is 15.5 Å². The summed E-state index contributed by atoms with van der Waals surface area (Å²) in [5.41, 5.74) is 1.05. The number of benzene rings is 4. The number of hydrogen-bond donors (Lipinski definition) is 0. The molecule has 0 N–H and O–H groups in total. The van der Waals surface area contributed by atoms with E-state index >= 15 is 0 Å². The van der Waals surface area contributed by atoms with Crippen LogP contribution in [0.5, 0.6) is 5.75 Å². The van der Waals surface area contributed by atoms with E-state index in [0.29, 0.717) is 21.9 Å². The number of ether oxygens (including phenoxy) is 1. The third kappa shape index (κ3) is 3.23. The number of fused-ring (bicyclic) bond motifs is 3. The Kier molecular flexibility index (Phi) is 5.01. The first-order chi connectivity index (χ1) is 15.0. The maximum Gasteiger partial charge on any atom is 0.196 e. The molecule has 0 radical (unpaired) electrons. The highest BCUT2D eigenvalue weighted by Gasteiger charge is 2.34. The van der Waals surface area contributed by atoms with Gasteiger partial charge in [-0.05, 0) is 36.4 Å². The summed E-state index contributed by atoms with van der Waals surface area (Å²) in [7, 11) is 1.63. The topological polar surface area (TPSA) is 43.4 Å². The number of halogens is 2. The largest absolute Gasteiger partial charge is 0.497 e. The van der Waals surface area contributed by atoms with Crippen molar-refractivity contribution >= 4 is 57.3 Å². The zero-order valence-corrected chi connectivity index (χ0v) is 18.6. The fourth-order valence-electron chi connectivity index (χ4n) is 3.80. The third-order valence-electron chi connectivity index (χ3n) is 5.32. The molecule has 1 aliphatic carbocycles. The van der Waals surface area contributed by atoms with Crippen LogP contribution in [0, 0.1) is 0 Å². The molecule has 0 saturated carbocycles. The monoisotopic (exact) mass is 464 g/mol. The number of rotatable bonds is 3. The van der Waals surface area contributed by atoms with E-state index in [9.17, 15) is 9.59 Å². The van der Waals surface area contributed by atoms with Crippen molar-refractivity contribution in [2.45, 2.75) is 9.79 Å². The van der Waals surface area contributed by atoms with Crippen molar-refractivity contribution in [1.82, 2.24) is 0 Å². The Morgan fingerprint density at radius 1 is 0.710 bits per heavy atom. The van der Waals surface area contributed by atoms with Gasteiger partial charge in [0.25, 0.3) is 0 Å². The summed E-state index contributed by atoms with van der Waals surface area (Å²) in [5.74, 6) is 0.218. The van der Waals surface area contributed by atoms with Crippen molar-refractivity contribution in [3.63, 3.8) is 0 Å². The number of hydrogen-bond acceptors (Lipinski definition) is 4. The highest BCUT2D eigenvalue weighted by Crippen LogP contribution is 2.43. The maximum absolute atomic E-state index is 13.2. The summed E-state index contributed by atoms with van der Waals surface area (Å²) >= 11 is 14.9. The minimum atomic E-state index is -0.285. The van der Waals surface area contributed by atoms with Crippen molar-refractivity contribution in [1.29, 1.82) is 0 Å². The Labute approximate surface area is 192 Å². The van der Waals surface area contributed by atoms with Crippen molar-refractivity contribution < 1.29 is 14.3 Å². The second-order valence-corrected chi connectivity index (χ2v) is 8.97. The molecule has 0 saturated heterocycles. The van der Waals surface area contributed by atoms with Gasteiger partial charge < -0.3 is 4.74 Å². The second-order valence-electron chi connectivity index (χ2n) is 7.07. The SMILES string of the molecule is COc1ccc(Sc2ccc3c(Cl)c4c(c(Cl)c3c2)C(=O)c2ccccc2C4=O)cc1. The molecular formula is C25H14Cl2O3S. The van der Waals surface area contributed by atoms with Gasteiger partial charge in [0.05, 0.1) is 28.3 Å². The van der Waals surface area contributed by atoms with E-state index in [2.05, 4.69) is 0 Å². The quantitative estimate of drug-likeness (QED) is 0.286. The molecular weight excluding hydrogens is 451 g/mol. The van der Waals surface area contributed by atoms with Crippen molar-refractivity contribution in [3.05, 3.63) is 99.0 Å². The lowest BCUT2D eigenvalue weighted by Gasteiger charge is -2.21. The Balaban J connectivity index is 1.65. The Morgan fingerprint density at radius 2 is 1.26 bits per heavy atom. The number of carbonyl (C=O) groups excluding carboxylic acids is 2. The molecule has 1 aliphatic rings. The van der Waals surface area contributed by atoms with Crippen LogP contribution in [0.15, 0.2) is 76.5 Å². The molecule has 0 heterocycles. The molecule has 152 valence electrons. The summed E-state index contributed by atoms with van der Waals surface area (Å²) in [6.07, 6.45) is 0. The molecule has 31 heavy (non-hydrogen) atoms. The first kappa shape index (κ1) is 20.1. The molecule has 0 aliphatic heterocycles. The lowest BCUT2D eigenvalue weighted by molar-refractivity contribution is 0.0979. The third-order valence-corrected chi connectivity index (χ3v) is 7.10. The maximum atomic E-state index is 13.2. The predicted molar refractivity (Wildman–Crippen MR) is 124 cm³/mol. The summed E-state index contributed by atoms with van der Waals surface area (Å²) in [5, 5.41) is 1.79. The molecule has 0 aromatic heterocycles. The van der Waals surface area contributed by atoms with Crippen LogP contribution in [0.1, 0.15) is 31.8 Å². The summed E-state index contributed by atoms with van der Waals surface area (Å²) in [6, 6.07) is 20.1. The fraction of sp³-hybridized carbons (Fsp3) is 0.0400. The zero-order chi connectivity index (χ0) is 21.7. The van der Waals surface area contributed by atoms with E-state index in [1.54, 1.807) is 43.1 Å². The van der Waals surface area contributed by atoms with Crippen molar-refractivity contribution in [2.75, 3.05) is 7.11 Å². The van der Waals surface area contributed by atoms with E-state index in [1.807, 2.05) is 42.5 Å². The molecule has 0 unspecified atom stereocenters. The molecule has 0 spiro atoms. The molecule has 5 rings (SSSR count). The first-order valence-corrected chi connectivity index (χ1v) is 11.0. The van der Waals surface area contributed by atoms with Gasteiger partial charge in [-0.15, -0.1) is 0 Å². The van der Waals surface area contributed by atoms with E-state index in [-0.39, 0.29) is 32.7 Å². The van der Waals surface area contributed by atoms with Gasteiger partial charge >= 0.3 is 0 Å². The van der Waals surface area contributed by atoms with Gasteiger partial charge in [-0.2, -0.15) is 0 Å². The van der Waals surface area contributed by atoms with E-state index in [4.69, 9.17) is 27.9 Å². The zero-order valence-electron chi connectivity index (χ0n) is 16.2. The van der Waals surface area contributed by atoms with Gasteiger partial charge in [0.15, 0.2) is 11.6 Å². The smallest absolute Gasteiger partial charge is 0.196 e. The Bertz CT molecular complexity index is 1390. The molecule has 0 atom stereocenters. The molecule has 0 fully saturated rings. The van der Waals surface area contributed by atoms with Gasteiger partial charge in [0.1, 0.15) is 5.75 Å². The average molecular weight is 465 g/mol. The van der Waals surface area contributed by atoms with Crippen LogP contribution in [-0.2, 0) is 0 Å². The van der Waals surface area contributed by atoms with Crippen LogP contribution < -0.4 is 4.74 Å². The van der Waals surface area contributed by atoms with E-state index < -0.39 is 0 Å². The molecule has 0 bridgehead atoms. The highest BCUT2D eigenvalue weighted by atomic mass is 35.5. The van der Waals surface area contributed by atoms with Crippen LogP contribution >= 0.6 is 35.0 Å². The second kappa shape index (κ2) is 7.72. The summed E-state index contributed by atoms with van der Waals surface area (Å²) in [4.78, 5) is 28.3. The van der Waals surface area contributed by atoms with E-state index in [1.165, 1.54) is 0 Å². The normalized spacial score (nSPS) is 12.6. The minimum absolute atomic E-state index is 0.175. The van der Waals surface area contributed by atoms with Gasteiger partial charge in [-0.3, -0.25) is 9.59 Å². The molecule has 6 heteroatoms. The Morgan fingerprint density at radius 3 is 1.84 bits per heavy atom. The predicted octanol–water partition coefficient (Wildman–Crippen LogP) is 7.08. The van der Waals surface area contributed by atoms with Crippen LogP contribution in [0.3, 0.4) is 0 Å². The van der Waals surface area contributed by atoms with Gasteiger partial charge in [-0.25, -0.2) is 0 Å². The minimum Gasteiger partial charge on any atom is -0.497 e. The molecule has 0 amide bonds. The lowest BCUT2D eigenvalue weighted by Crippen LogP contribution is -2.22. The number of methoxy groups -OCH3 is 1. The van der Waals surface area contributed by atoms with Crippen molar-refractivity contribution in [2.24, 2.45) is 0 Å². The standard InChI is InChI=1S/C25H14Cl2O3S/c1-30-13-6-8-14(9-7-13)31-15-10-11-16-19(12-15)23(27)21-20(22(16)26)24(28)17-4-2-3-5-18(17)25(21)29/h2-12H,1H3. The van der Waals surface area contributed by atoms with Crippen LogP contribution in [-0.4, -0.2) is 18.7 Å². The molecule has 4 aromatic carbocycles. The number of carbonyl (C=O) groups is 2. The lowest BCUT2D eigenvalue weighted by atomic mass is 9.82. The van der Waals surface area contributed by atoms with Crippen LogP contribution in [0.2, 0.25) is 10.0 Å². The molecule has 3 nitrogen and oxygen atoms in total. The van der Waals surface area contributed by atoms with Gasteiger partial charge in [-0.1, -0.05) is 65.3 Å². The van der Waals surface area contributed by atoms with Crippen LogP contribution in [0.4, 0.5) is 0 Å². The van der Waals surface area contributed by atoms with Crippen molar-refractivity contribution in [3.8, 4) is 5.75 Å². The van der Waals surface area contributed by atoms with Gasteiger partial charge in [0, 0.05) is 31.7 Å². The number of ketones is 2.